The molecule has 1 aliphatic rings. The van der Waals surface area contributed by atoms with Gasteiger partial charge in [-0.05, 0) is 25.7 Å². The molecule has 0 saturated carbocycles. The third-order valence-electron chi connectivity index (χ3n) is 2.95. The molecular weight excluding hydrogens is 200 g/mol. The van der Waals surface area contributed by atoms with E-state index >= 15 is 0 Å². The molecule has 0 heterocycles. The Bertz CT molecular complexity index is 264. The fraction of sp³-hybridized carbons (Fsp3) is 0.643. The van der Waals surface area contributed by atoms with Crippen LogP contribution >= 0.6 is 0 Å². The highest BCUT2D eigenvalue weighted by molar-refractivity contribution is 5.88. The van der Waals surface area contributed by atoms with Gasteiger partial charge in [-0.2, -0.15) is 0 Å². The summed E-state index contributed by atoms with van der Waals surface area (Å²) in [5.41, 5.74) is 0.805. The smallest absolute Gasteiger partial charge is 0.333 e. The molecule has 0 bridgehead atoms. The van der Waals surface area contributed by atoms with E-state index in [4.69, 9.17) is 4.74 Å². The zero-order valence-electron chi connectivity index (χ0n) is 10.2. The first-order valence-corrected chi connectivity index (χ1v) is 6.28. The van der Waals surface area contributed by atoms with E-state index in [0.717, 1.165) is 24.8 Å². The molecule has 0 aromatic heterocycles. The van der Waals surface area contributed by atoms with Gasteiger partial charge >= 0.3 is 5.97 Å². The van der Waals surface area contributed by atoms with Crippen LogP contribution in [0.4, 0.5) is 0 Å². The van der Waals surface area contributed by atoms with Crippen LogP contribution < -0.4 is 0 Å². The number of hydrogen-bond donors (Lipinski definition) is 0. The van der Waals surface area contributed by atoms with Crippen LogP contribution in [-0.2, 0) is 9.53 Å². The Labute approximate surface area is 98.4 Å². The Morgan fingerprint density at radius 1 is 1.12 bits per heavy atom. The van der Waals surface area contributed by atoms with Crippen LogP contribution in [0.15, 0.2) is 23.8 Å². The normalized spacial score (nSPS) is 24.4. The molecule has 0 unspecified atom stereocenters. The van der Waals surface area contributed by atoms with Crippen molar-refractivity contribution in [3.8, 4) is 0 Å². The molecule has 0 amide bonds. The molecule has 0 saturated heterocycles. The van der Waals surface area contributed by atoms with Gasteiger partial charge in [-0.15, -0.1) is 0 Å². The van der Waals surface area contributed by atoms with Crippen LogP contribution in [0.3, 0.4) is 0 Å². The van der Waals surface area contributed by atoms with Gasteiger partial charge in [0.2, 0.25) is 0 Å². The van der Waals surface area contributed by atoms with E-state index in [1.807, 2.05) is 12.2 Å². The van der Waals surface area contributed by atoms with Crippen LogP contribution in [0.25, 0.3) is 0 Å². The summed E-state index contributed by atoms with van der Waals surface area (Å²) in [7, 11) is 1.45. The van der Waals surface area contributed by atoms with Gasteiger partial charge in [0, 0.05) is 5.57 Å². The fourth-order valence-corrected chi connectivity index (χ4v) is 1.95. The first-order valence-electron chi connectivity index (χ1n) is 6.28. The highest BCUT2D eigenvalue weighted by atomic mass is 16.5. The van der Waals surface area contributed by atoms with Crippen molar-refractivity contribution in [3.05, 3.63) is 23.8 Å². The van der Waals surface area contributed by atoms with Crippen LogP contribution in [-0.4, -0.2) is 13.1 Å². The zero-order chi connectivity index (χ0) is 11.6. The van der Waals surface area contributed by atoms with Gasteiger partial charge in [0.05, 0.1) is 7.11 Å². The first kappa shape index (κ1) is 13.0. The van der Waals surface area contributed by atoms with E-state index in [-0.39, 0.29) is 5.97 Å². The van der Waals surface area contributed by atoms with E-state index in [2.05, 4.69) is 6.08 Å². The largest absolute Gasteiger partial charge is 0.466 e. The summed E-state index contributed by atoms with van der Waals surface area (Å²) >= 11 is 0. The Kier molecular flexibility index (Phi) is 6.62. The molecule has 2 nitrogen and oxygen atoms in total. The van der Waals surface area contributed by atoms with Gasteiger partial charge in [-0.3, -0.25) is 0 Å². The molecule has 2 heteroatoms. The third-order valence-corrected chi connectivity index (χ3v) is 2.95. The van der Waals surface area contributed by atoms with Crippen molar-refractivity contribution in [1.82, 2.24) is 0 Å². The van der Waals surface area contributed by atoms with Crippen LogP contribution in [0.5, 0.6) is 0 Å². The summed E-state index contributed by atoms with van der Waals surface area (Å²) < 4.78 is 4.77. The summed E-state index contributed by atoms with van der Waals surface area (Å²) in [6, 6.07) is 0. The van der Waals surface area contributed by atoms with Crippen molar-refractivity contribution in [2.75, 3.05) is 7.11 Å². The van der Waals surface area contributed by atoms with Crippen molar-refractivity contribution in [1.29, 1.82) is 0 Å². The molecule has 90 valence electrons. The molecule has 16 heavy (non-hydrogen) atoms. The van der Waals surface area contributed by atoms with E-state index in [1.165, 1.54) is 39.2 Å². The maximum atomic E-state index is 11.5. The zero-order valence-corrected chi connectivity index (χ0v) is 10.2. The lowest BCUT2D eigenvalue weighted by atomic mass is 10.0. The summed E-state index contributed by atoms with van der Waals surface area (Å²) in [6.45, 7) is 0. The van der Waals surface area contributed by atoms with Crippen LogP contribution in [0.2, 0.25) is 0 Å². The van der Waals surface area contributed by atoms with Gasteiger partial charge < -0.3 is 4.74 Å². The minimum Gasteiger partial charge on any atom is -0.466 e. The number of ether oxygens (including phenoxy) is 1. The molecule has 0 atom stereocenters. The SMILES string of the molecule is COC(=O)/C1=C/C=C/CCCCCCCC1. The molecule has 0 spiro atoms. The Hall–Kier alpha value is -1.05. The molecule has 1 rings (SSSR count). The van der Waals surface area contributed by atoms with Gasteiger partial charge in [0.15, 0.2) is 0 Å². The van der Waals surface area contributed by atoms with Gasteiger partial charge in [0.25, 0.3) is 0 Å². The number of esters is 1. The molecule has 0 radical (unpaired) electrons. The standard InChI is InChI=1S/C14H22O2/c1-16-14(15)13-11-9-7-5-3-2-4-6-8-10-12-13/h7,9,11H,2-6,8,10,12H2,1H3/b9-7+,13-11+. The summed E-state index contributed by atoms with van der Waals surface area (Å²) in [5.74, 6) is -0.179. The number of methoxy groups -OCH3 is 1. The molecule has 1 aliphatic carbocycles. The monoisotopic (exact) mass is 222 g/mol. The Morgan fingerprint density at radius 2 is 1.81 bits per heavy atom. The minimum absolute atomic E-state index is 0.179. The molecular formula is C14H22O2. The van der Waals surface area contributed by atoms with Crippen molar-refractivity contribution in [2.24, 2.45) is 0 Å². The maximum absolute atomic E-state index is 11.5. The second-order valence-corrected chi connectivity index (χ2v) is 4.27. The lowest BCUT2D eigenvalue weighted by molar-refractivity contribution is -0.136. The molecule has 0 fully saturated rings. The average Bonchev–Trinajstić information content (AvgIpc) is 2.29. The second-order valence-electron chi connectivity index (χ2n) is 4.27. The molecule has 0 aromatic rings. The van der Waals surface area contributed by atoms with Crippen LogP contribution in [0.1, 0.15) is 51.4 Å². The Morgan fingerprint density at radius 3 is 2.56 bits per heavy atom. The topological polar surface area (TPSA) is 26.3 Å². The molecule has 0 N–H and O–H groups in total. The first-order chi connectivity index (χ1) is 7.84. The van der Waals surface area contributed by atoms with E-state index in [0.29, 0.717) is 0 Å². The predicted octanol–water partition coefficient (Wildman–Crippen LogP) is 3.78. The van der Waals surface area contributed by atoms with Gasteiger partial charge in [-0.1, -0.05) is 43.9 Å². The summed E-state index contributed by atoms with van der Waals surface area (Å²) in [6.07, 6.45) is 15.5. The molecule has 0 aliphatic heterocycles. The summed E-state index contributed by atoms with van der Waals surface area (Å²) in [4.78, 5) is 11.5. The summed E-state index contributed by atoms with van der Waals surface area (Å²) in [5, 5.41) is 0. The molecule has 0 aromatic carbocycles. The minimum atomic E-state index is -0.179. The van der Waals surface area contributed by atoms with Crippen LogP contribution in [0, 0.1) is 0 Å². The number of carbonyl (C=O) groups excluding carboxylic acids is 1. The predicted molar refractivity (Wildman–Crippen MR) is 66.2 cm³/mol. The lowest BCUT2D eigenvalue weighted by Crippen LogP contribution is -2.04. The van der Waals surface area contributed by atoms with Crippen molar-refractivity contribution in [3.63, 3.8) is 0 Å². The van der Waals surface area contributed by atoms with E-state index in [1.54, 1.807) is 0 Å². The quantitative estimate of drug-likeness (QED) is 0.631. The third kappa shape index (κ3) is 5.15. The van der Waals surface area contributed by atoms with E-state index in [9.17, 15) is 4.79 Å². The van der Waals surface area contributed by atoms with Crippen molar-refractivity contribution < 1.29 is 9.53 Å². The second kappa shape index (κ2) is 8.14. The van der Waals surface area contributed by atoms with Crippen molar-refractivity contribution in [2.45, 2.75) is 51.4 Å². The highest BCUT2D eigenvalue weighted by Crippen LogP contribution is 2.15. The number of hydrogen-bond acceptors (Lipinski definition) is 2. The Balaban J connectivity index is 2.57. The van der Waals surface area contributed by atoms with Gasteiger partial charge in [0.1, 0.15) is 0 Å². The number of carbonyl (C=O) groups is 1. The maximum Gasteiger partial charge on any atom is 0.333 e. The van der Waals surface area contributed by atoms with Gasteiger partial charge in [-0.25, -0.2) is 4.79 Å². The van der Waals surface area contributed by atoms with E-state index < -0.39 is 0 Å². The van der Waals surface area contributed by atoms with Crippen molar-refractivity contribution >= 4 is 5.97 Å². The number of rotatable bonds is 1. The number of allylic oxidation sites excluding steroid dienone is 3. The fourth-order valence-electron chi connectivity index (χ4n) is 1.95. The lowest BCUT2D eigenvalue weighted by Gasteiger charge is -2.06. The highest BCUT2D eigenvalue weighted by Gasteiger charge is 2.08. The average molecular weight is 222 g/mol.